The molecule has 0 spiro atoms. The molecule has 0 N–H and O–H groups in total. The van der Waals surface area contributed by atoms with Gasteiger partial charge in [0.15, 0.2) is 0 Å². The van der Waals surface area contributed by atoms with E-state index in [1.54, 1.807) is 6.92 Å². The van der Waals surface area contributed by atoms with E-state index in [1.165, 1.54) is 0 Å². The number of hydrogen-bond acceptors (Lipinski definition) is 3. The van der Waals surface area contributed by atoms with Crippen LogP contribution in [0.2, 0.25) is 0 Å². The van der Waals surface area contributed by atoms with E-state index in [1.807, 2.05) is 6.92 Å². The molecule has 1 heterocycles. The van der Waals surface area contributed by atoms with Gasteiger partial charge in [-0.15, -0.1) is 0 Å². The third kappa shape index (κ3) is 1.22. The molecule has 0 bridgehead atoms. The van der Waals surface area contributed by atoms with E-state index >= 15 is 0 Å². The summed E-state index contributed by atoms with van der Waals surface area (Å²) in [5.74, 6) is 0.659. The second-order valence-corrected chi connectivity index (χ2v) is 1.98. The zero-order chi connectivity index (χ0) is 6.85. The Morgan fingerprint density at radius 3 is 2.56 bits per heavy atom. The molecule has 50 valence electrons. The van der Waals surface area contributed by atoms with Gasteiger partial charge in [-0.1, -0.05) is 0 Å². The first kappa shape index (κ1) is 6.13. The lowest BCUT2D eigenvalue weighted by Crippen LogP contribution is -2.15. The number of cyclic esters (lactones) is 2. The minimum Gasteiger partial charge on any atom is -0.429 e. The second kappa shape index (κ2) is 2.09. The zero-order valence-electron chi connectivity index (χ0n) is 5.43. The summed E-state index contributed by atoms with van der Waals surface area (Å²) in [7, 11) is 0. The van der Waals surface area contributed by atoms with E-state index in [4.69, 9.17) is 0 Å². The van der Waals surface area contributed by atoms with E-state index in [-0.39, 0.29) is 0 Å². The van der Waals surface area contributed by atoms with Crippen molar-refractivity contribution in [2.75, 3.05) is 6.61 Å². The van der Waals surface area contributed by atoms with Crippen LogP contribution in [0, 0.1) is 0 Å². The molecule has 0 saturated carbocycles. The van der Waals surface area contributed by atoms with Crippen molar-refractivity contribution in [2.24, 2.45) is 0 Å². The van der Waals surface area contributed by atoms with Crippen molar-refractivity contribution in [3.05, 3.63) is 11.3 Å². The van der Waals surface area contributed by atoms with Gasteiger partial charge in [0.1, 0.15) is 12.4 Å². The highest BCUT2D eigenvalue weighted by molar-refractivity contribution is 5.62. The Kier molecular flexibility index (Phi) is 1.42. The average Bonchev–Trinajstić information content (AvgIpc) is 1.80. The minimum absolute atomic E-state index is 0.366. The molecule has 0 atom stereocenters. The first-order valence-corrected chi connectivity index (χ1v) is 2.71. The fourth-order valence-electron chi connectivity index (χ4n) is 0.510. The fourth-order valence-corrected chi connectivity index (χ4v) is 0.510. The first-order valence-electron chi connectivity index (χ1n) is 2.71. The lowest BCUT2D eigenvalue weighted by Gasteiger charge is -2.13. The molecule has 9 heavy (non-hydrogen) atoms. The predicted molar refractivity (Wildman–Crippen MR) is 30.8 cm³/mol. The van der Waals surface area contributed by atoms with Crippen LogP contribution in [0.4, 0.5) is 4.79 Å². The van der Waals surface area contributed by atoms with Crippen LogP contribution in [-0.2, 0) is 9.47 Å². The molecule has 0 radical (unpaired) electrons. The number of rotatable bonds is 0. The second-order valence-electron chi connectivity index (χ2n) is 1.98. The van der Waals surface area contributed by atoms with Gasteiger partial charge in [0.2, 0.25) is 0 Å². The van der Waals surface area contributed by atoms with Crippen molar-refractivity contribution < 1.29 is 14.3 Å². The van der Waals surface area contributed by atoms with Gasteiger partial charge >= 0.3 is 6.16 Å². The van der Waals surface area contributed by atoms with Crippen molar-refractivity contribution in [3.63, 3.8) is 0 Å². The first-order chi connectivity index (χ1) is 4.20. The van der Waals surface area contributed by atoms with Crippen LogP contribution in [0.15, 0.2) is 11.3 Å². The van der Waals surface area contributed by atoms with Crippen LogP contribution in [0.3, 0.4) is 0 Å². The number of allylic oxidation sites excluding steroid dienone is 1. The monoisotopic (exact) mass is 128 g/mol. The number of carbonyl (C=O) groups excluding carboxylic acids is 1. The van der Waals surface area contributed by atoms with Crippen LogP contribution >= 0.6 is 0 Å². The van der Waals surface area contributed by atoms with Crippen molar-refractivity contribution in [3.8, 4) is 0 Å². The molecule has 3 nitrogen and oxygen atoms in total. The van der Waals surface area contributed by atoms with E-state index in [9.17, 15) is 4.79 Å². The molecular formula is C6H8O3. The Labute approximate surface area is 53.3 Å². The highest BCUT2D eigenvalue weighted by atomic mass is 16.7. The van der Waals surface area contributed by atoms with Gasteiger partial charge in [-0.25, -0.2) is 4.79 Å². The topological polar surface area (TPSA) is 35.5 Å². The Balaban J connectivity index is 2.72. The molecule has 1 aliphatic rings. The maximum atomic E-state index is 10.3. The van der Waals surface area contributed by atoms with Crippen LogP contribution in [0.25, 0.3) is 0 Å². The Bertz CT molecular complexity index is 169. The SMILES string of the molecule is CC1=C(C)OC(=O)OC1. The van der Waals surface area contributed by atoms with Crippen LogP contribution in [-0.4, -0.2) is 12.8 Å². The molecule has 3 heteroatoms. The molecule has 0 aromatic heterocycles. The largest absolute Gasteiger partial charge is 0.513 e. The van der Waals surface area contributed by atoms with Crippen molar-refractivity contribution in [2.45, 2.75) is 13.8 Å². The van der Waals surface area contributed by atoms with Crippen LogP contribution in [0.1, 0.15) is 13.8 Å². The summed E-state index contributed by atoms with van der Waals surface area (Å²) < 4.78 is 9.16. The summed E-state index contributed by atoms with van der Waals surface area (Å²) in [5, 5.41) is 0. The van der Waals surface area contributed by atoms with Crippen molar-refractivity contribution in [1.29, 1.82) is 0 Å². The molecule has 0 amide bonds. The summed E-state index contributed by atoms with van der Waals surface area (Å²) in [4.78, 5) is 10.3. The molecule has 0 saturated heterocycles. The maximum absolute atomic E-state index is 10.3. The van der Waals surface area contributed by atoms with Crippen molar-refractivity contribution in [1.82, 2.24) is 0 Å². The molecule has 1 rings (SSSR count). The van der Waals surface area contributed by atoms with Gasteiger partial charge in [0.25, 0.3) is 0 Å². The van der Waals surface area contributed by atoms with E-state index in [2.05, 4.69) is 9.47 Å². The Hall–Kier alpha value is -0.990. The Morgan fingerprint density at radius 2 is 2.11 bits per heavy atom. The Morgan fingerprint density at radius 1 is 1.44 bits per heavy atom. The summed E-state index contributed by atoms with van der Waals surface area (Å²) in [6.45, 7) is 3.97. The smallest absolute Gasteiger partial charge is 0.429 e. The lowest BCUT2D eigenvalue weighted by molar-refractivity contribution is 0.0689. The van der Waals surface area contributed by atoms with E-state index < -0.39 is 6.16 Å². The molecule has 0 aromatic rings. The molecule has 1 aliphatic heterocycles. The maximum Gasteiger partial charge on any atom is 0.513 e. The molecule has 0 fully saturated rings. The fraction of sp³-hybridized carbons (Fsp3) is 0.500. The summed E-state index contributed by atoms with van der Waals surface area (Å²) >= 11 is 0. The summed E-state index contributed by atoms with van der Waals surface area (Å²) in [6.07, 6.45) is -0.599. The van der Waals surface area contributed by atoms with E-state index in [0.717, 1.165) is 5.57 Å². The van der Waals surface area contributed by atoms with Crippen LogP contribution in [0.5, 0.6) is 0 Å². The average molecular weight is 128 g/mol. The summed E-state index contributed by atoms with van der Waals surface area (Å²) in [6, 6.07) is 0. The van der Waals surface area contributed by atoms with Gasteiger partial charge < -0.3 is 9.47 Å². The van der Waals surface area contributed by atoms with Crippen LogP contribution < -0.4 is 0 Å². The number of carbonyl (C=O) groups is 1. The third-order valence-corrected chi connectivity index (χ3v) is 1.24. The molecular weight excluding hydrogens is 120 g/mol. The van der Waals surface area contributed by atoms with Gasteiger partial charge in [0.05, 0.1) is 0 Å². The standard InChI is InChI=1S/C6H8O3/c1-4-3-8-6(7)9-5(4)2/h3H2,1-2H3. The van der Waals surface area contributed by atoms with E-state index in [0.29, 0.717) is 12.4 Å². The predicted octanol–water partition coefficient (Wildman–Crippen LogP) is 1.45. The highest BCUT2D eigenvalue weighted by Gasteiger charge is 2.13. The zero-order valence-corrected chi connectivity index (χ0v) is 5.43. The van der Waals surface area contributed by atoms with Crippen molar-refractivity contribution >= 4 is 6.16 Å². The number of hydrogen-bond donors (Lipinski definition) is 0. The van der Waals surface area contributed by atoms with Gasteiger partial charge in [0, 0.05) is 5.57 Å². The van der Waals surface area contributed by atoms with Gasteiger partial charge in [-0.3, -0.25) is 0 Å². The highest BCUT2D eigenvalue weighted by Crippen LogP contribution is 2.11. The lowest BCUT2D eigenvalue weighted by atomic mass is 10.3. The van der Waals surface area contributed by atoms with Gasteiger partial charge in [-0.05, 0) is 13.8 Å². The molecule has 0 aromatic carbocycles. The minimum atomic E-state index is -0.599. The third-order valence-electron chi connectivity index (χ3n) is 1.24. The molecule has 0 unspecified atom stereocenters. The summed E-state index contributed by atoms with van der Waals surface area (Å²) in [5.41, 5.74) is 0.967. The molecule has 0 aliphatic carbocycles. The number of ether oxygens (including phenoxy) is 2. The quantitative estimate of drug-likeness (QED) is 0.463. The normalized spacial score (nSPS) is 19.1. The van der Waals surface area contributed by atoms with Gasteiger partial charge in [-0.2, -0.15) is 0 Å².